The second-order valence-corrected chi connectivity index (χ2v) is 4.20. The van der Waals surface area contributed by atoms with Crippen LogP contribution in [-0.2, 0) is 9.53 Å². The molecule has 15 heavy (non-hydrogen) atoms. The van der Waals surface area contributed by atoms with Crippen molar-refractivity contribution in [2.45, 2.75) is 32.4 Å². The maximum atomic E-state index is 11.8. The minimum Gasteiger partial charge on any atom is -0.380 e. The van der Waals surface area contributed by atoms with Crippen LogP contribution in [0.25, 0.3) is 0 Å². The highest BCUT2D eigenvalue weighted by Crippen LogP contribution is 2.14. The quantitative estimate of drug-likeness (QED) is 0.783. The zero-order valence-electron chi connectivity index (χ0n) is 9.60. The smallest absolute Gasteiger partial charge is 0.239 e. The van der Waals surface area contributed by atoms with Crippen LogP contribution in [0.15, 0.2) is 0 Å². The summed E-state index contributed by atoms with van der Waals surface area (Å²) in [6.45, 7) is 5.40. The van der Waals surface area contributed by atoms with Crippen LogP contribution in [-0.4, -0.2) is 43.2 Å². The minimum absolute atomic E-state index is 0. The third-order valence-corrected chi connectivity index (χ3v) is 2.79. The second kappa shape index (κ2) is 6.30. The van der Waals surface area contributed by atoms with Gasteiger partial charge in [0.15, 0.2) is 0 Å². The fourth-order valence-corrected chi connectivity index (χ4v) is 1.62. The first kappa shape index (κ1) is 14.7. The molecule has 1 aliphatic rings. The van der Waals surface area contributed by atoms with Gasteiger partial charge in [0.05, 0.1) is 12.1 Å². The summed E-state index contributed by atoms with van der Waals surface area (Å²) in [6.07, 6.45) is 1.12. The number of hydrogen-bond acceptors (Lipinski definition) is 3. The maximum absolute atomic E-state index is 11.8. The molecule has 2 N–H and O–H groups in total. The van der Waals surface area contributed by atoms with Crippen LogP contribution in [0.1, 0.15) is 20.3 Å². The van der Waals surface area contributed by atoms with Crippen molar-refractivity contribution in [3.8, 4) is 0 Å². The summed E-state index contributed by atoms with van der Waals surface area (Å²) in [5, 5.41) is 0. The third-order valence-electron chi connectivity index (χ3n) is 2.79. The van der Waals surface area contributed by atoms with Crippen molar-refractivity contribution in [2.75, 3.05) is 20.2 Å². The van der Waals surface area contributed by atoms with Crippen LogP contribution in [0, 0.1) is 5.92 Å². The average molecular weight is 237 g/mol. The molecule has 90 valence electrons. The van der Waals surface area contributed by atoms with Gasteiger partial charge in [-0.3, -0.25) is 4.79 Å². The summed E-state index contributed by atoms with van der Waals surface area (Å²) in [4.78, 5) is 13.6. The van der Waals surface area contributed by atoms with E-state index in [1.807, 2.05) is 13.8 Å². The number of carbonyl (C=O) groups is 1. The van der Waals surface area contributed by atoms with Crippen molar-refractivity contribution in [3.63, 3.8) is 0 Å². The number of methoxy groups -OCH3 is 1. The van der Waals surface area contributed by atoms with E-state index in [0.29, 0.717) is 6.54 Å². The van der Waals surface area contributed by atoms with E-state index in [1.54, 1.807) is 12.0 Å². The standard InChI is InChI=1S/C10H20N2O2.ClH/c1-7(2)9(11)10(13)12-5-4-8(6-12)14-3;/h7-9H,4-6,11H2,1-3H3;1H/t8-,9+;/m1./s1. The lowest BCUT2D eigenvalue weighted by atomic mass is 10.0. The van der Waals surface area contributed by atoms with Gasteiger partial charge in [0.25, 0.3) is 0 Å². The lowest BCUT2D eigenvalue weighted by Crippen LogP contribution is -2.45. The molecule has 5 heteroatoms. The monoisotopic (exact) mass is 236 g/mol. The topological polar surface area (TPSA) is 55.6 Å². The van der Waals surface area contributed by atoms with Gasteiger partial charge in [-0.2, -0.15) is 0 Å². The van der Waals surface area contributed by atoms with Gasteiger partial charge in [-0.05, 0) is 12.3 Å². The van der Waals surface area contributed by atoms with Crippen LogP contribution in [0.4, 0.5) is 0 Å². The number of hydrogen-bond donors (Lipinski definition) is 1. The van der Waals surface area contributed by atoms with Gasteiger partial charge >= 0.3 is 0 Å². The number of rotatable bonds is 3. The molecule has 0 saturated carbocycles. The Balaban J connectivity index is 0.00000196. The summed E-state index contributed by atoms with van der Waals surface area (Å²) >= 11 is 0. The van der Waals surface area contributed by atoms with E-state index in [4.69, 9.17) is 10.5 Å². The van der Waals surface area contributed by atoms with E-state index < -0.39 is 0 Å². The highest BCUT2D eigenvalue weighted by atomic mass is 35.5. The fourth-order valence-electron chi connectivity index (χ4n) is 1.62. The Bertz CT molecular complexity index is 212. The van der Waals surface area contributed by atoms with Gasteiger partial charge in [-0.25, -0.2) is 0 Å². The Kier molecular flexibility index (Phi) is 6.17. The molecule has 0 radical (unpaired) electrons. The van der Waals surface area contributed by atoms with E-state index in [-0.39, 0.29) is 36.4 Å². The normalized spacial score (nSPS) is 22.7. The molecule has 1 saturated heterocycles. The highest BCUT2D eigenvalue weighted by molar-refractivity contribution is 5.85. The van der Waals surface area contributed by atoms with Gasteiger partial charge in [-0.1, -0.05) is 13.8 Å². The predicted octanol–water partition coefficient (Wildman–Crippen LogP) is 0.639. The molecule has 1 aliphatic heterocycles. The van der Waals surface area contributed by atoms with Crippen molar-refractivity contribution in [1.29, 1.82) is 0 Å². The molecule has 0 unspecified atom stereocenters. The number of amides is 1. The first-order valence-corrected chi connectivity index (χ1v) is 5.13. The van der Waals surface area contributed by atoms with E-state index in [0.717, 1.165) is 13.0 Å². The molecule has 2 atom stereocenters. The Morgan fingerprint density at radius 1 is 1.53 bits per heavy atom. The van der Waals surface area contributed by atoms with Gasteiger partial charge in [0.2, 0.25) is 5.91 Å². The molecule has 1 fully saturated rings. The van der Waals surface area contributed by atoms with E-state index in [1.165, 1.54) is 0 Å². The average Bonchev–Trinajstić information content (AvgIpc) is 2.63. The van der Waals surface area contributed by atoms with Crippen molar-refractivity contribution < 1.29 is 9.53 Å². The Morgan fingerprint density at radius 3 is 2.53 bits per heavy atom. The molecule has 0 aromatic heterocycles. The first-order chi connectivity index (χ1) is 6.56. The van der Waals surface area contributed by atoms with E-state index >= 15 is 0 Å². The predicted molar refractivity (Wildman–Crippen MR) is 62.1 cm³/mol. The first-order valence-electron chi connectivity index (χ1n) is 5.13. The number of ether oxygens (including phenoxy) is 1. The van der Waals surface area contributed by atoms with Crippen molar-refractivity contribution in [1.82, 2.24) is 4.90 Å². The van der Waals surface area contributed by atoms with Crippen LogP contribution < -0.4 is 5.73 Å². The van der Waals surface area contributed by atoms with Gasteiger partial charge in [0.1, 0.15) is 0 Å². The zero-order chi connectivity index (χ0) is 10.7. The number of nitrogens with two attached hydrogens (primary N) is 1. The third kappa shape index (κ3) is 3.63. The molecular weight excluding hydrogens is 216 g/mol. The molecule has 1 rings (SSSR count). The summed E-state index contributed by atoms with van der Waals surface area (Å²) in [6, 6.07) is -0.370. The van der Waals surface area contributed by atoms with Crippen molar-refractivity contribution >= 4 is 18.3 Å². The molecule has 1 heterocycles. The van der Waals surface area contributed by atoms with Crippen molar-refractivity contribution in [3.05, 3.63) is 0 Å². The molecule has 0 spiro atoms. The Hall–Kier alpha value is -0.320. The van der Waals surface area contributed by atoms with Crippen LogP contribution in [0.2, 0.25) is 0 Å². The van der Waals surface area contributed by atoms with Crippen LogP contribution in [0.5, 0.6) is 0 Å². The SMILES string of the molecule is CO[C@@H]1CCN(C(=O)[C@@H](N)C(C)C)C1.Cl. The number of likely N-dealkylation sites (tertiary alicyclic amines) is 1. The summed E-state index contributed by atoms with van der Waals surface area (Å²) < 4.78 is 5.20. The maximum Gasteiger partial charge on any atom is 0.239 e. The van der Waals surface area contributed by atoms with Gasteiger partial charge in [-0.15, -0.1) is 12.4 Å². The molecule has 0 bridgehead atoms. The van der Waals surface area contributed by atoms with Gasteiger partial charge in [0, 0.05) is 20.2 Å². The zero-order valence-corrected chi connectivity index (χ0v) is 10.4. The Labute approximate surface area is 97.5 Å². The largest absolute Gasteiger partial charge is 0.380 e. The summed E-state index contributed by atoms with van der Waals surface area (Å²) in [5.41, 5.74) is 5.79. The molecule has 4 nitrogen and oxygen atoms in total. The van der Waals surface area contributed by atoms with E-state index in [2.05, 4.69) is 0 Å². The molecule has 0 aromatic rings. The summed E-state index contributed by atoms with van der Waals surface area (Å²) in [5.74, 6) is 0.253. The molecule has 0 aliphatic carbocycles. The van der Waals surface area contributed by atoms with Crippen LogP contribution >= 0.6 is 12.4 Å². The van der Waals surface area contributed by atoms with Crippen LogP contribution in [0.3, 0.4) is 0 Å². The number of halogens is 1. The van der Waals surface area contributed by atoms with Gasteiger partial charge < -0.3 is 15.4 Å². The number of carbonyl (C=O) groups excluding carboxylic acids is 1. The molecule has 1 amide bonds. The van der Waals surface area contributed by atoms with E-state index in [9.17, 15) is 4.79 Å². The lowest BCUT2D eigenvalue weighted by Gasteiger charge is -2.22. The second-order valence-electron chi connectivity index (χ2n) is 4.20. The molecular formula is C10H21ClN2O2. The summed E-state index contributed by atoms with van der Waals surface area (Å²) in [7, 11) is 1.68. The van der Waals surface area contributed by atoms with Crippen molar-refractivity contribution in [2.24, 2.45) is 11.7 Å². The fraction of sp³-hybridized carbons (Fsp3) is 0.900. The highest BCUT2D eigenvalue weighted by Gasteiger charge is 2.30. The number of nitrogens with zero attached hydrogens (tertiary/aromatic N) is 1. The molecule has 0 aromatic carbocycles. The lowest BCUT2D eigenvalue weighted by molar-refractivity contribution is -0.132. The Morgan fingerprint density at radius 2 is 2.13 bits per heavy atom. The minimum atomic E-state index is -0.370.